The zero-order valence-electron chi connectivity index (χ0n) is 17.8. The van der Waals surface area contributed by atoms with Gasteiger partial charge in [-0.1, -0.05) is 12.2 Å². The number of hydroxylamine groups is 2. The smallest absolute Gasteiger partial charge is 0.116 e. The van der Waals surface area contributed by atoms with Crippen LogP contribution in [0.1, 0.15) is 52.7 Å². The van der Waals surface area contributed by atoms with Crippen LogP contribution in [0.15, 0.2) is 48.6 Å². The Kier molecular flexibility index (Phi) is 4.21. The van der Waals surface area contributed by atoms with Crippen molar-refractivity contribution in [2.45, 2.75) is 52.6 Å². The van der Waals surface area contributed by atoms with Crippen LogP contribution >= 0.6 is 0 Å². The third-order valence-corrected chi connectivity index (χ3v) is 5.60. The number of hydrogen-bond acceptors (Lipinski definition) is 5. The van der Waals surface area contributed by atoms with Crippen LogP contribution in [0.2, 0.25) is 0 Å². The highest BCUT2D eigenvalue weighted by molar-refractivity contribution is 5.83. The standard InChI is InChI=1S/C24H28N2O3/c1-15-13-23(3,4)25(21-9-7-17(27)11-19(15)21)29-26-22-10-8-18(28)12-20(22)16(2)14-24(26,5)6/h7-14,27-28H,1-6H3. The van der Waals surface area contributed by atoms with Gasteiger partial charge in [-0.25, -0.2) is 10.1 Å². The lowest BCUT2D eigenvalue weighted by atomic mass is 9.90. The second kappa shape index (κ2) is 6.29. The van der Waals surface area contributed by atoms with Gasteiger partial charge in [0.2, 0.25) is 0 Å². The Labute approximate surface area is 172 Å². The summed E-state index contributed by atoms with van der Waals surface area (Å²) in [5.41, 5.74) is 5.06. The molecule has 0 amide bonds. The molecule has 2 aliphatic heterocycles. The maximum Gasteiger partial charge on any atom is 0.116 e. The van der Waals surface area contributed by atoms with Crippen molar-refractivity contribution in [2.24, 2.45) is 0 Å². The predicted molar refractivity (Wildman–Crippen MR) is 118 cm³/mol. The highest BCUT2D eigenvalue weighted by Gasteiger charge is 2.40. The Balaban J connectivity index is 1.83. The molecule has 4 rings (SSSR count). The van der Waals surface area contributed by atoms with Crippen molar-refractivity contribution in [1.82, 2.24) is 0 Å². The van der Waals surface area contributed by atoms with E-state index in [1.165, 1.54) is 0 Å². The molecule has 0 saturated heterocycles. The lowest BCUT2D eigenvalue weighted by molar-refractivity contribution is 0.0258. The van der Waals surface area contributed by atoms with Crippen LogP contribution in [0.25, 0.3) is 11.1 Å². The normalized spacial score (nSPS) is 19.2. The fourth-order valence-corrected chi connectivity index (χ4v) is 4.37. The fraction of sp³-hybridized carbons (Fsp3) is 0.333. The number of aromatic hydroxyl groups is 2. The summed E-state index contributed by atoms with van der Waals surface area (Å²) in [5, 5.41) is 23.7. The number of rotatable bonds is 2. The molecule has 5 nitrogen and oxygen atoms in total. The number of benzene rings is 2. The Morgan fingerprint density at radius 1 is 0.690 bits per heavy atom. The maximum atomic E-state index is 9.98. The van der Waals surface area contributed by atoms with E-state index in [1.54, 1.807) is 24.3 Å². The molecule has 2 aliphatic rings. The summed E-state index contributed by atoms with van der Waals surface area (Å²) in [6.07, 6.45) is 4.29. The monoisotopic (exact) mass is 392 g/mol. The van der Waals surface area contributed by atoms with Gasteiger partial charge < -0.3 is 10.2 Å². The maximum absolute atomic E-state index is 9.98. The molecule has 0 spiro atoms. The largest absolute Gasteiger partial charge is 0.508 e. The molecule has 2 heterocycles. The lowest BCUT2D eigenvalue weighted by Gasteiger charge is -2.48. The van der Waals surface area contributed by atoms with Gasteiger partial charge in [-0.05, 0) is 89.1 Å². The number of hydrogen-bond donors (Lipinski definition) is 2. The van der Waals surface area contributed by atoms with Gasteiger partial charge in [0.25, 0.3) is 0 Å². The molecule has 2 aromatic rings. The van der Waals surface area contributed by atoms with Crippen molar-refractivity contribution in [1.29, 1.82) is 0 Å². The van der Waals surface area contributed by atoms with E-state index in [9.17, 15) is 10.2 Å². The van der Waals surface area contributed by atoms with Crippen molar-refractivity contribution in [3.8, 4) is 11.5 Å². The minimum Gasteiger partial charge on any atom is -0.508 e. The SMILES string of the molecule is CC1=CC(C)(C)N(ON2c3ccc(O)cc3C(C)=CC2(C)C)c2ccc(O)cc21. The van der Waals surface area contributed by atoms with Crippen molar-refractivity contribution in [2.75, 3.05) is 10.1 Å². The molecule has 0 atom stereocenters. The zero-order valence-corrected chi connectivity index (χ0v) is 17.8. The highest BCUT2D eigenvalue weighted by Crippen LogP contribution is 2.45. The van der Waals surface area contributed by atoms with Gasteiger partial charge in [-0.3, -0.25) is 0 Å². The summed E-state index contributed by atoms with van der Waals surface area (Å²) in [6.45, 7) is 12.5. The zero-order chi connectivity index (χ0) is 21.1. The van der Waals surface area contributed by atoms with Gasteiger partial charge in [-0.15, -0.1) is 0 Å². The predicted octanol–water partition coefficient (Wildman–Crippen LogP) is 5.65. The minimum atomic E-state index is -0.405. The van der Waals surface area contributed by atoms with E-state index in [1.807, 2.05) is 36.1 Å². The molecule has 2 N–H and O–H groups in total. The number of phenols is 2. The second-order valence-electron chi connectivity index (χ2n) is 9.04. The van der Waals surface area contributed by atoms with Crippen LogP contribution in [0.4, 0.5) is 11.4 Å². The van der Waals surface area contributed by atoms with E-state index < -0.39 is 11.1 Å². The fourth-order valence-electron chi connectivity index (χ4n) is 4.37. The van der Waals surface area contributed by atoms with Crippen LogP contribution in [0.3, 0.4) is 0 Å². The Bertz CT molecular complexity index is 967. The van der Waals surface area contributed by atoms with Crippen LogP contribution in [-0.4, -0.2) is 21.3 Å². The third kappa shape index (κ3) is 3.15. The molecule has 0 bridgehead atoms. The quantitative estimate of drug-likeness (QED) is 0.692. The van der Waals surface area contributed by atoms with Crippen molar-refractivity contribution < 1.29 is 15.2 Å². The van der Waals surface area contributed by atoms with Crippen LogP contribution < -0.4 is 10.1 Å². The molecular weight excluding hydrogens is 364 g/mol. The first-order chi connectivity index (χ1) is 13.5. The highest BCUT2D eigenvalue weighted by atomic mass is 16.8. The Morgan fingerprint density at radius 3 is 1.45 bits per heavy atom. The number of allylic oxidation sites excluding steroid dienone is 2. The van der Waals surface area contributed by atoms with E-state index >= 15 is 0 Å². The molecule has 0 aromatic heterocycles. The number of anilines is 2. The van der Waals surface area contributed by atoms with Gasteiger partial charge in [0.05, 0.1) is 22.5 Å². The average molecular weight is 392 g/mol. The third-order valence-electron chi connectivity index (χ3n) is 5.60. The number of fused-ring (bicyclic) bond motifs is 2. The number of nitrogens with zero attached hydrogens (tertiary/aromatic N) is 2. The van der Waals surface area contributed by atoms with Gasteiger partial charge in [0.15, 0.2) is 0 Å². The molecular formula is C24H28N2O3. The molecule has 0 aliphatic carbocycles. The summed E-state index contributed by atoms with van der Waals surface area (Å²) in [6, 6.07) is 10.7. The lowest BCUT2D eigenvalue weighted by Crippen LogP contribution is -2.55. The Hall–Kier alpha value is -2.92. The molecule has 5 heteroatoms. The minimum absolute atomic E-state index is 0.230. The second-order valence-corrected chi connectivity index (χ2v) is 9.04. The van der Waals surface area contributed by atoms with Gasteiger partial charge in [0.1, 0.15) is 11.5 Å². The van der Waals surface area contributed by atoms with E-state index in [2.05, 4.69) is 39.8 Å². The van der Waals surface area contributed by atoms with Crippen molar-refractivity contribution >= 4 is 22.5 Å². The van der Waals surface area contributed by atoms with E-state index in [0.29, 0.717) is 0 Å². The Morgan fingerprint density at radius 2 is 1.07 bits per heavy atom. The molecule has 0 saturated carbocycles. The van der Waals surface area contributed by atoms with Crippen molar-refractivity contribution in [3.05, 3.63) is 59.7 Å². The first-order valence-electron chi connectivity index (χ1n) is 9.84. The summed E-state index contributed by atoms with van der Waals surface area (Å²) in [7, 11) is 0. The molecule has 0 unspecified atom stereocenters. The molecule has 0 radical (unpaired) electrons. The van der Waals surface area contributed by atoms with Gasteiger partial charge in [-0.2, -0.15) is 4.94 Å². The van der Waals surface area contributed by atoms with E-state index in [-0.39, 0.29) is 11.5 Å². The molecule has 0 fully saturated rings. The first kappa shape index (κ1) is 19.4. The summed E-state index contributed by atoms with van der Waals surface area (Å²) in [4.78, 5) is 6.61. The number of phenolic OH excluding ortho intramolecular Hbond substituents is 2. The van der Waals surface area contributed by atoms with Crippen LogP contribution in [-0.2, 0) is 4.94 Å². The topological polar surface area (TPSA) is 56.2 Å². The molecule has 29 heavy (non-hydrogen) atoms. The average Bonchev–Trinajstić information content (AvgIpc) is 2.60. The van der Waals surface area contributed by atoms with E-state index in [4.69, 9.17) is 4.94 Å². The van der Waals surface area contributed by atoms with Gasteiger partial charge >= 0.3 is 0 Å². The summed E-state index contributed by atoms with van der Waals surface area (Å²) in [5.74, 6) is 0.461. The summed E-state index contributed by atoms with van der Waals surface area (Å²) < 4.78 is 0. The first-order valence-corrected chi connectivity index (χ1v) is 9.84. The molecule has 2 aromatic carbocycles. The van der Waals surface area contributed by atoms with Crippen molar-refractivity contribution in [3.63, 3.8) is 0 Å². The van der Waals surface area contributed by atoms with Crippen LogP contribution in [0, 0.1) is 0 Å². The molecule has 152 valence electrons. The van der Waals surface area contributed by atoms with E-state index in [0.717, 1.165) is 33.6 Å². The van der Waals surface area contributed by atoms with Crippen LogP contribution in [0.5, 0.6) is 11.5 Å². The summed E-state index contributed by atoms with van der Waals surface area (Å²) >= 11 is 0. The van der Waals surface area contributed by atoms with Gasteiger partial charge in [0, 0.05) is 11.1 Å².